The molecule has 0 atom stereocenters. The minimum absolute atomic E-state index is 0.305. The molecule has 64 valence electrons. The first kappa shape index (κ1) is 10.4. The Morgan fingerprint density at radius 1 is 1.64 bits per heavy atom. The van der Waals surface area contributed by atoms with Crippen LogP contribution < -0.4 is 0 Å². The summed E-state index contributed by atoms with van der Waals surface area (Å²) in [6, 6.07) is 0. The molecule has 0 aromatic heterocycles. The Labute approximate surface area is 69.3 Å². The van der Waals surface area contributed by atoms with Crippen LogP contribution in [0.3, 0.4) is 0 Å². The lowest BCUT2D eigenvalue weighted by atomic mass is 10.5. The average Bonchev–Trinajstić information content (AvgIpc) is 2.00. The van der Waals surface area contributed by atoms with Gasteiger partial charge in [-0.25, -0.2) is 4.79 Å². The van der Waals surface area contributed by atoms with Crippen molar-refractivity contribution in [3.05, 3.63) is 11.8 Å². The summed E-state index contributed by atoms with van der Waals surface area (Å²) in [5.41, 5.74) is 0. The van der Waals surface area contributed by atoms with E-state index in [0.29, 0.717) is 11.8 Å². The molecule has 0 amide bonds. The fraction of sp³-hybridized carbons (Fsp3) is 0.571. The third-order valence-electron chi connectivity index (χ3n) is 1.04. The highest BCUT2D eigenvalue weighted by molar-refractivity contribution is 6.47. The lowest BCUT2D eigenvalue weighted by molar-refractivity contribution is -0.138. The van der Waals surface area contributed by atoms with Crippen LogP contribution in [-0.4, -0.2) is 29.4 Å². The third-order valence-corrected chi connectivity index (χ3v) is 1.97. The van der Waals surface area contributed by atoms with Crippen molar-refractivity contribution in [2.24, 2.45) is 0 Å². The Balaban J connectivity index is 3.56. The van der Waals surface area contributed by atoms with Gasteiger partial charge in [-0.05, 0) is 6.42 Å². The molecule has 0 radical (unpaired) electrons. The van der Waals surface area contributed by atoms with Gasteiger partial charge < -0.3 is 9.16 Å². The van der Waals surface area contributed by atoms with Gasteiger partial charge >= 0.3 is 5.97 Å². The number of carbonyl (C=O) groups excluding carboxylic acids is 1. The Hall–Kier alpha value is -0.613. The highest BCUT2D eigenvalue weighted by Crippen LogP contribution is 1.93. The summed E-state index contributed by atoms with van der Waals surface area (Å²) < 4.78 is 9.66. The quantitative estimate of drug-likeness (QED) is 0.339. The van der Waals surface area contributed by atoms with Gasteiger partial charge in [0.1, 0.15) is 0 Å². The molecule has 11 heavy (non-hydrogen) atoms. The second-order valence-electron chi connectivity index (χ2n) is 2.17. The van der Waals surface area contributed by atoms with Crippen LogP contribution in [0.1, 0.15) is 13.3 Å². The van der Waals surface area contributed by atoms with Gasteiger partial charge in [0.25, 0.3) is 0 Å². The molecule has 0 unspecified atom stereocenters. The number of carbonyl (C=O) groups is 1. The molecule has 0 saturated heterocycles. The van der Waals surface area contributed by atoms with Gasteiger partial charge in [-0.3, -0.25) is 0 Å². The Morgan fingerprint density at radius 3 is 2.73 bits per heavy atom. The van der Waals surface area contributed by atoms with Crippen LogP contribution in [0.4, 0.5) is 0 Å². The molecular weight excluding hydrogens is 160 g/mol. The van der Waals surface area contributed by atoms with E-state index in [1.807, 2.05) is 6.92 Å². The predicted molar refractivity (Wildman–Crippen MR) is 45.9 cm³/mol. The minimum atomic E-state index is -0.898. The maximum atomic E-state index is 10.9. The van der Waals surface area contributed by atoms with E-state index in [4.69, 9.17) is 9.16 Å². The summed E-state index contributed by atoms with van der Waals surface area (Å²) in [6.07, 6.45) is 0.841. The maximum absolute atomic E-state index is 10.9. The van der Waals surface area contributed by atoms with E-state index in [1.54, 1.807) is 7.11 Å². The van der Waals surface area contributed by atoms with Crippen molar-refractivity contribution in [3.63, 3.8) is 0 Å². The highest BCUT2D eigenvalue weighted by Gasteiger charge is 2.06. The van der Waals surface area contributed by atoms with Crippen LogP contribution in [0.25, 0.3) is 0 Å². The molecule has 0 rings (SSSR count). The van der Waals surface area contributed by atoms with Crippen molar-refractivity contribution in [2.45, 2.75) is 13.3 Å². The predicted octanol–water partition coefficient (Wildman–Crippen LogP) is 0.183. The lowest BCUT2D eigenvalue weighted by Crippen LogP contribution is -2.13. The Kier molecular flexibility index (Phi) is 5.78. The number of ether oxygens (including phenoxy) is 1. The molecule has 0 heterocycles. The van der Waals surface area contributed by atoms with Crippen molar-refractivity contribution in [1.29, 1.82) is 0 Å². The van der Waals surface area contributed by atoms with Crippen LogP contribution in [0, 0.1) is 0 Å². The van der Waals surface area contributed by atoms with Crippen molar-refractivity contribution in [3.8, 4) is 0 Å². The van der Waals surface area contributed by atoms with Crippen LogP contribution in [0.5, 0.6) is 0 Å². The SMILES string of the molecule is C=C([SiH2]OC)C(=O)OCCC. The van der Waals surface area contributed by atoms with E-state index in [-0.39, 0.29) is 5.97 Å². The summed E-state index contributed by atoms with van der Waals surface area (Å²) in [7, 11) is 0.676. The summed E-state index contributed by atoms with van der Waals surface area (Å²) in [5, 5.41) is 0.501. The van der Waals surface area contributed by atoms with Gasteiger partial charge in [0.15, 0.2) is 9.76 Å². The van der Waals surface area contributed by atoms with Gasteiger partial charge in [0, 0.05) is 12.3 Å². The smallest absolute Gasteiger partial charge is 0.331 e. The molecule has 0 fully saturated rings. The maximum Gasteiger partial charge on any atom is 0.331 e. The van der Waals surface area contributed by atoms with E-state index < -0.39 is 9.76 Å². The number of hydrogen-bond acceptors (Lipinski definition) is 3. The molecule has 0 saturated carbocycles. The Bertz CT molecular complexity index is 145. The summed E-state index contributed by atoms with van der Waals surface area (Å²) in [4.78, 5) is 10.9. The Morgan fingerprint density at radius 2 is 2.27 bits per heavy atom. The first-order valence-electron chi connectivity index (χ1n) is 3.56. The zero-order valence-electron chi connectivity index (χ0n) is 7.05. The molecule has 4 heteroatoms. The van der Waals surface area contributed by atoms with Crippen molar-refractivity contribution >= 4 is 15.7 Å². The third kappa shape index (κ3) is 4.75. The van der Waals surface area contributed by atoms with Crippen LogP contribution >= 0.6 is 0 Å². The second kappa shape index (κ2) is 6.12. The summed E-state index contributed by atoms with van der Waals surface area (Å²) in [5.74, 6) is -0.305. The summed E-state index contributed by atoms with van der Waals surface area (Å²) in [6.45, 7) is 5.98. The van der Waals surface area contributed by atoms with Gasteiger partial charge in [0.05, 0.1) is 6.61 Å². The molecule has 0 aromatic carbocycles. The topological polar surface area (TPSA) is 35.5 Å². The molecule has 0 N–H and O–H groups in total. The molecule has 0 aliphatic heterocycles. The fourth-order valence-corrected chi connectivity index (χ4v) is 1.10. The zero-order valence-corrected chi connectivity index (χ0v) is 8.47. The minimum Gasteiger partial charge on any atom is -0.463 e. The van der Waals surface area contributed by atoms with E-state index >= 15 is 0 Å². The van der Waals surface area contributed by atoms with E-state index in [0.717, 1.165) is 6.42 Å². The normalized spacial score (nSPS) is 10.4. The van der Waals surface area contributed by atoms with Crippen LogP contribution in [-0.2, 0) is 14.0 Å². The molecular formula is C7H14O3Si. The van der Waals surface area contributed by atoms with Crippen molar-refractivity contribution in [2.75, 3.05) is 13.7 Å². The number of rotatable bonds is 5. The first-order valence-corrected chi connectivity index (χ1v) is 4.84. The highest BCUT2D eigenvalue weighted by atomic mass is 28.2. The first-order chi connectivity index (χ1) is 5.22. The van der Waals surface area contributed by atoms with Gasteiger partial charge in [-0.15, -0.1) is 0 Å². The zero-order chi connectivity index (χ0) is 8.69. The molecule has 3 nitrogen and oxygen atoms in total. The van der Waals surface area contributed by atoms with Crippen LogP contribution in [0.2, 0.25) is 0 Å². The van der Waals surface area contributed by atoms with Gasteiger partial charge in [-0.1, -0.05) is 13.5 Å². The molecule has 0 aliphatic carbocycles. The molecule has 0 aliphatic rings. The number of esters is 1. The van der Waals surface area contributed by atoms with E-state index in [9.17, 15) is 4.79 Å². The molecule has 0 spiro atoms. The summed E-state index contributed by atoms with van der Waals surface area (Å²) >= 11 is 0. The van der Waals surface area contributed by atoms with Gasteiger partial charge in [0.2, 0.25) is 0 Å². The average molecular weight is 174 g/mol. The van der Waals surface area contributed by atoms with E-state index in [2.05, 4.69) is 6.58 Å². The number of hydrogen-bond donors (Lipinski definition) is 0. The molecule has 0 bridgehead atoms. The standard InChI is InChI=1S/C7H14O3Si/c1-4-5-10-7(8)6(2)11-9-3/h2,4-5,11H2,1,3H3. The fourth-order valence-electron chi connectivity index (χ4n) is 0.530. The molecule has 0 aromatic rings. The van der Waals surface area contributed by atoms with Crippen molar-refractivity contribution in [1.82, 2.24) is 0 Å². The largest absolute Gasteiger partial charge is 0.463 e. The van der Waals surface area contributed by atoms with Gasteiger partial charge in [-0.2, -0.15) is 0 Å². The van der Waals surface area contributed by atoms with Crippen LogP contribution in [0.15, 0.2) is 11.8 Å². The monoisotopic (exact) mass is 174 g/mol. The van der Waals surface area contributed by atoms with E-state index in [1.165, 1.54) is 0 Å². The van der Waals surface area contributed by atoms with Crippen molar-refractivity contribution < 1.29 is 14.0 Å². The lowest BCUT2D eigenvalue weighted by Gasteiger charge is -2.03. The second-order valence-corrected chi connectivity index (χ2v) is 3.89.